The Balaban J connectivity index is 1.93. The van der Waals surface area contributed by atoms with Gasteiger partial charge in [0.15, 0.2) is 11.9 Å². The van der Waals surface area contributed by atoms with E-state index in [1.165, 1.54) is 19.9 Å². The van der Waals surface area contributed by atoms with Crippen LogP contribution in [0.5, 0.6) is 0 Å². The van der Waals surface area contributed by atoms with E-state index < -0.39 is 18.0 Å². The summed E-state index contributed by atoms with van der Waals surface area (Å²) in [6.45, 7) is 2.93. The number of hydrogen-bond acceptors (Lipinski definition) is 4. The van der Waals surface area contributed by atoms with Gasteiger partial charge in [-0.15, -0.1) is 0 Å². The SMILES string of the molecule is CC(=O)c1cccc(NC(=O)[C@H](C)OC(=O)/C=C/c2cccc(Br)c2)c1. The molecule has 0 bridgehead atoms. The molecular formula is C20H18BrNO4. The summed E-state index contributed by atoms with van der Waals surface area (Å²) in [5, 5.41) is 2.62. The van der Waals surface area contributed by atoms with Gasteiger partial charge in [0.25, 0.3) is 5.91 Å². The van der Waals surface area contributed by atoms with E-state index in [0.717, 1.165) is 10.0 Å². The number of carbonyl (C=O) groups is 3. The molecule has 0 unspecified atom stereocenters. The van der Waals surface area contributed by atoms with E-state index in [2.05, 4.69) is 21.2 Å². The minimum Gasteiger partial charge on any atom is -0.449 e. The number of ether oxygens (including phenoxy) is 1. The number of rotatable bonds is 6. The maximum absolute atomic E-state index is 12.1. The Morgan fingerprint density at radius 3 is 2.54 bits per heavy atom. The summed E-state index contributed by atoms with van der Waals surface area (Å²) in [5.74, 6) is -1.20. The van der Waals surface area contributed by atoms with Crippen LogP contribution in [0.15, 0.2) is 59.1 Å². The average molecular weight is 416 g/mol. The lowest BCUT2D eigenvalue weighted by molar-refractivity contribution is -0.148. The van der Waals surface area contributed by atoms with Gasteiger partial charge in [0.1, 0.15) is 0 Å². The summed E-state index contributed by atoms with van der Waals surface area (Å²) in [7, 11) is 0. The number of anilines is 1. The minimum absolute atomic E-state index is 0.0988. The monoisotopic (exact) mass is 415 g/mol. The van der Waals surface area contributed by atoms with Crippen LogP contribution in [0.3, 0.4) is 0 Å². The molecule has 2 aromatic carbocycles. The third kappa shape index (κ3) is 5.97. The van der Waals surface area contributed by atoms with E-state index in [0.29, 0.717) is 11.3 Å². The molecule has 1 N–H and O–H groups in total. The lowest BCUT2D eigenvalue weighted by atomic mass is 10.1. The number of benzene rings is 2. The lowest BCUT2D eigenvalue weighted by Crippen LogP contribution is -2.29. The van der Waals surface area contributed by atoms with Gasteiger partial charge in [-0.1, -0.05) is 40.2 Å². The first kappa shape index (κ1) is 19.6. The molecule has 0 aliphatic rings. The fourth-order valence-electron chi connectivity index (χ4n) is 2.10. The molecule has 0 saturated heterocycles. The summed E-state index contributed by atoms with van der Waals surface area (Å²) < 4.78 is 5.99. The first-order valence-electron chi connectivity index (χ1n) is 7.91. The molecule has 134 valence electrons. The zero-order valence-corrected chi connectivity index (χ0v) is 15.9. The molecule has 6 heteroatoms. The summed E-state index contributed by atoms with van der Waals surface area (Å²) in [5.41, 5.74) is 1.79. The fraction of sp³-hybridized carbons (Fsp3) is 0.150. The summed E-state index contributed by atoms with van der Waals surface area (Å²) in [6, 6.07) is 14.0. The van der Waals surface area contributed by atoms with E-state index in [-0.39, 0.29) is 5.78 Å². The first-order chi connectivity index (χ1) is 12.3. The van der Waals surface area contributed by atoms with Crippen molar-refractivity contribution in [2.45, 2.75) is 20.0 Å². The third-order valence-corrected chi connectivity index (χ3v) is 3.95. The van der Waals surface area contributed by atoms with Crippen LogP contribution >= 0.6 is 15.9 Å². The highest BCUT2D eigenvalue weighted by Crippen LogP contribution is 2.14. The molecule has 0 radical (unpaired) electrons. The van der Waals surface area contributed by atoms with Crippen LogP contribution in [-0.4, -0.2) is 23.8 Å². The number of carbonyl (C=O) groups excluding carboxylic acids is 3. The van der Waals surface area contributed by atoms with Crippen molar-refractivity contribution in [3.05, 3.63) is 70.2 Å². The van der Waals surface area contributed by atoms with E-state index in [1.807, 2.05) is 24.3 Å². The van der Waals surface area contributed by atoms with Gasteiger partial charge in [-0.05, 0) is 49.8 Å². The number of hydrogen-bond donors (Lipinski definition) is 1. The molecule has 1 amide bonds. The van der Waals surface area contributed by atoms with Gasteiger partial charge in [-0.3, -0.25) is 9.59 Å². The van der Waals surface area contributed by atoms with Crippen molar-refractivity contribution in [3.8, 4) is 0 Å². The molecule has 2 aromatic rings. The van der Waals surface area contributed by atoms with Gasteiger partial charge in [0.05, 0.1) is 0 Å². The Morgan fingerprint density at radius 1 is 1.12 bits per heavy atom. The minimum atomic E-state index is -0.976. The number of amides is 1. The lowest BCUT2D eigenvalue weighted by Gasteiger charge is -2.12. The van der Waals surface area contributed by atoms with Gasteiger partial charge in [0, 0.05) is 21.8 Å². The highest BCUT2D eigenvalue weighted by atomic mass is 79.9. The molecule has 0 aromatic heterocycles. The Kier molecular flexibility index (Phi) is 6.86. The number of esters is 1. The maximum Gasteiger partial charge on any atom is 0.331 e. The smallest absolute Gasteiger partial charge is 0.331 e. The molecule has 0 aliphatic carbocycles. The molecule has 0 fully saturated rings. The van der Waals surface area contributed by atoms with E-state index in [1.54, 1.807) is 30.3 Å². The first-order valence-corrected chi connectivity index (χ1v) is 8.70. The van der Waals surface area contributed by atoms with Crippen molar-refractivity contribution >= 4 is 45.4 Å². The standard InChI is InChI=1S/C20H18BrNO4/c1-13(23)16-6-4-8-18(12-16)22-20(25)14(2)26-19(24)10-9-15-5-3-7-17(21)11-15/h3-12,14H,1-2H3,(H,22,25)/b10-9+/t14-/m0/s1. The molecule has 0 aliphatic heterocycles. The van der Waals surface area contributed by atoms with Crippen LogP contribution < -0.4 is 5.32 Å². The zero-order chi connectivity index (χ0) is 19.1. The molecule has 0 saturated carbocycles. The van der Waals surface area contributed by atoms with E-state index in [4.69, 9.17) is 4.74 Å². The van der Waals surface area contributed by atoms with Crippen molar-refractivity contribution in [2.75, 3.05) is 5.32 Å². The second-order valence-corrected chi connectivity index (χ2v) is 6.51. The number of nitrogens with one attached hydrogen (secondary N) is 1. The predicted octanol–water partition coefficient (Wildman–Crippen LogP) is 4.24. The molecular weight excluding hydrogens is 398 g/mol. The normalized spacial score (nSPS) is 11.8. The molecule has 1 atom stereocenters. The molecule has 2 rings (SSSR count). The van der Waals surface area contributed by atoms with Crippen molar-refractivity contribution in [2.24, 2.45) is 0 Å². The summed E-state index contributed by atoms with van der Waals surface area (Å²) in [4.78, 5) is 35.4. The highest BCUT2D eigenvalue weighted by molar-refractivity contribution is 9.10. The zero-order valence-electron chi connectivity index (χ0n) is 14.4. The second-order valence-electron chi connectivity index (χ2n) is 5.59. The van der Waals surface area contributed by atoms with Gasteiger partial charge >= 0.3 is 5.97 Å². The number of halogens is 1. The van der Waals surface area contributed by atoms with Crippen molar-refractivity contribution in [1.82, 2.24) is 0 Å². The van der Waals surface area contributed by atoms with Gasteiger partial charge in [-0.25, -0.2) is 4.79 Å². The molecule has 5 nitrogen and oxygen atoms in total. The topological polar surface area (TPSA) is 72.5 Å². The van der Waals surface area contributed by atoms with E-state index >= 15 is 0 Å². The number of Topliss-reactive ketones (excluding diaryl/α,β-unsaturated/α-hetero) is 1. The average Bonchev–Trinajstić information content (AvgIpc) is 2.60. The van der Waals surface area contributed by atoms with Crippen molar-refractivity contribution in [3.63, 3.8) is 0 Å². The molecule has 0 heterocycles. The van der Waals surface area contributed by atoms with Gasteiger partial charge in [0.2, 0.25) is 0 Å². The highest BCUT2D eigenvalue weighted by Gasteiger charge is 2.17. The van der Waals surface area contributed by atoms with Gasteiger partial charge in [-0.2, -0.15) is 0 Å². The van der Waals surface area contributed by atoms with Crippen LogP contribution in [0.25, 0.3) is 6.08 Å². The van der Waals surface area contributed by atoms with Crippen LogP contribution in [0.1, 0.15) is 29.8 Å². The molecule has 26 heavy (non-hydrogen) atoms. The Hall–Kier alpha value is -2.73. The maximum atomic E-state index is 12.1. The fourth-order valence-corrected chi connectivity index (χ4v) is 2.52. The predicted molar refractivity (Wildman–Crippen MR) is 104 cm³/mol. The molecule has 0 spiro atoms. The number of ketones is 1. The Bertz CT molecular complexity index is 860. The van der Waals surface area contributed by atoms with Crippen LogP contribution in [-0.2, 0) is 14.3 Å². The Morgan fingerprint density at radius 2 is 1.85 bits per heavy atom. The van der Waals surface area contributed by atoms with Crippen LogP contribution in [0.4, 0.5) is 5.69 Å². The van der Waals surface area contributed by atoms with Crippen molar-refractivity contribution < 1.29 is 19.1 Å². The second kappa shape index (κ2) is 9.10. The quantitative estimate of drug-likeness (QED) is 0.435. The Labute approximate surface area is 160 Å². The van der Waals surface area contributed by atoms with Crippen molar-refractivity contribution in [1.29, 1.82) is 0 Å². The van der Waals surface area contributed by atoms with Gasteiger partial charge < -0.3 is 10.1 Å². The van der Waals surface area contributed by atoms with Crippen LogP contribution in [0.2, 0.25) is 0 Å². The van der Waals surface area contributed by atoms with E-state index in [9.17, 15) is 14.4 Å². The summed E-state index contributed by atoms with van der Waals surface area (Å²) in [6.07, 6.45) is 1.89. The largest absolute Gasteiger partial charge is 0.449 e. The summed E-state index contributed by atoms with van der Waals surface area (Å²) >= 11 is 3.35. The third-order valence-electron chi connectivity index (χ3n) is 3.46. The van der Waals surface area contributed by atoms with Crippen LogP contribution in [0, 0.1) is 0 Å².